The molecule has 1 heterocycles. The molecule has 0 atom stereocenters. The smallest absolute Gasteiger partial charge is 0.248 e. The van der Waals surface area contributed by atoms with Gasteiger partial charge in [0.25, 0.3) is 0 Å². The number of rotatable bonds is 8. The zero-order valence-corrected chi connectivity index (χ0v) is 19.7. The van der Waals surface area contributed by atoms with Gasteiger partial charge in [0.1, 0.15) is 0 Å². The van der Waals surface area contributed by atoms with E-state index < -0.39 is 0 Å². The lowest BCUT2D eigenvalue weighted by Gasteiger charge is -2.36. The van der Waals surface area contributed by atoms with Crippen molar-refractivity contribution < 1.29 is 14.3 Å². The van der Waals surface area contributed by atoms with Gasteiger partial charge >= 0.3 is 0 Å². The molecule has 0 radical (unpaired) electrons. The van der Waals surface area contributed by atoms with Crippen LogP contribution in [-0.2, 0) is 11.3 Å². The van der Waals surface area contributed by atoms with Gasteiger partial charge in [0.05, 0.1) is 14.2 Å². The number of anilines is 2. The highest BCUT2D eigenvalue weighted by atomic mass is 16.5. The van der Waals surface area contributed by atoms with Crippen LogP contribution in [0.25, 0.3) is 6.08 Å². The summed E-state index contributed by atoms with van der Waals surface area (Å²) in [4.78, 5) is 17.3. The highest BCUT2D eigenvalue weighted by Crippen LogP contribution is 2.31. The molecular formula is C28H31N3O3. The lowest BCUT2D eigenvalue weighted by atomic mass is 10.1. The van der Waals surface area contributed by atoms with Crippen molar-refractivity contribution in [3.8, 4) is 11.5 Å². The number of methoxy groups -OCH3 is 2. The van der Waals surface area contributed by atoms with E-state index >= 15 is 0 Å². The van der Waals surface area contributed by atoms with Gasteiger partial charge in [-0.15, -0.1) is 0 Å². The van der Waals surface area contributed by atoms with Crippen LogP contribution in [0.4, 0.5) is 11.4 Å². The van der Waals surface area contributed by atoms with Gasteiger partial charge in [-0.3, -0.25) is 9.69 Å². The van der Waals surface area contributed by atoms with Crippen molar-refractivity contribution in [1.29, 1.82) is 0 Å². The molecule has 6 nitrogen and oxygen atoms in total. The zero-order chi connectivity index (χ0) is 23.8. The van der Waals surface area contributed by atoms with Gasteiger partial charge in [-0.2, -0.15) is 0 Å². The molecule has 3 aromatic rings. The van der Waals surface area contributed by atoms with E-state index in [1.54, 1.807) is 20.3 Å². The van der Waals surface area contributed by atoms with Crippen molar-refractivity contribution in [3.63, 3.8) is 0 Å². The summed E-state index contributed by atoms with van der Waals surface area (Å²) in [6.45, 7) is 5.04. The van der Waals surface area contributed by atoms with Crippen LogP contribution >= 0.6 is 0 Å². The summed E-state index contributed by atoms with van der Waals surface area (Å²) >= 11 is 0. The van der Waals surface area contributed by atoms with Crippen LogP contribution < -0.4 is 19.7 Å². The molecule has 1 saturated heterocycles. The van der Waals surface area contributed by atoms with Gasteiger partial charge in [0, 0.05) is 55.7 Å². The largest absolute Gasteiger partial charge is 0.493 e. The summed E-state index contributed by atoms with van der Waals surface area (Å²) in [5.74, 6) is 1.02. The fourth-order valence-corrected chi connectivity index (χ4v) is 4.15. The van der Waals surface area contributed by atoms with Crippen molar-refractivity contribution in [2.24, 2.45) is 0 Å². The number of hydrogen-bond donors (Lipinski definition) is 1. The van der Waals surface area contributed by atoms with Crippen LogP contribution in [-0.4, -0.2) is 51.2 Å². The molecule has 6 heteroatoms. The number of ether oxygens (including phenoxy) is 2. The molecule has 4 rings (SSSR count). The summed E-state index contributed by atoms with van der Waals surface area (Å²) < 4.78 is 10.7. The van der Waals surface area contributed by atoms with Crippen molar-refractivity contribution in [1.82, 2.24) is 4.90 Å². The molecule has 0 bridgehead atoms. The Balaban J connectivity index is 1.29. The summed E-state index contributed by atoms with van der Waals surface area (Å²) in [6.07, 6.45) is 3.22. The van der Waals surface area contributed by atoms with E-state index in [0.717, 1.165) is 44.0 Å². The predicted molar refractivity (Wildman–Crippen MR) is 138 cm³/mol. The third-order valence-corrected chi connectivity index (χ3v) is 5.97. The highest BCUT2D eigenvalue weighted by Gasteiger charge is 2.17. The molecule has 0 aliphatic carbocycles. The number of nitrogens with one attached hydrogen (secondary N) is 1. The Morgan fingerprint density at radius 3 is 2.29 bits per heavy atom. The van der Waals surface area contributed by atoms with Crippen LogP contribution in [0, 0.1) is 0 Å². The lowest BCUT2D eigenvalue weighted by molar-refractivity contribution is -0.111. The van der Waals surface area contributed by atoms with Gasteiger partial charge in [-0.05, 0) is 42.0 Å². The first-order chi connectivity index (χ1) is 16.7. The molecule has 1 aliphatic heterocycles. The Morgan fingerprint density at radius 1 is 0.882 bits per heavy atom. The minimum atomic E-state index is -0.202. The average Bonchev–Trinajstić information content (AvgIpc) is 2.88. The number of para-hydroxylation sites is 1. The Bertz CT molecular complexity index is 1110. The number of nitrogens with zero attached hydrogens (tertiary/aromatic N) is 2. The average molecular weight is 458 g/mol. The van der Waals surface area contributed by atoms with Crippen molar-refractivity contribution in [2.75, 3.05) is 50.6 Å². The molecule has 0 unspecified atom stereocenters. The van der Waals surface area contributed by atoms with Gasteiger partial charge in [-0.25, -0.2) is 0 Å². The third kappa shape index (κ3) is 5.97. The second-order valence-electron chi connectivity index (χ2n) is 8.20. The Labute approximate surface area is 201 Å². The van der Waals surface area contributed by atoms with Crippen LogP contribution in [0.2, 0.25) is 0 Å². The van der Waals surface area contributed by atoms with E-state index in [2.05, 4.69) is 57.6 Å². The first-order valence-corrected chi connectivity index (χ1v) is 11.5. The number of hydrogen-bond acceptors (Lipinski definition) is 5. The molecule has 1 aliphatic rings. The summed E-state index contributed by atoms with van der Waals surface area (Å²) in [6, 6.07) is 24.2. The van der Waals surface area contributed by atoms with Crippen LogP contribution in [0.5, 0.6) is 11.5 Å². The van der Waals surface area contributed by atoms with E-state index in [-0.39, 0.29) is 5.91 Å². The minimum absolute atomic E-state index is 0.202. The molecule has 3 aromatic carbocycles. The minimum Gasteiger partial charge on any atom is -0.493 e. The standard InChI is InChI=1S/C28H31N3O3/c1-33-26-10-6-9-23(28(26)34-2)11-16-27(32)29-24-12-14-25(15-13-24)31-19-17-30(18-20-31)21-22-7-4-3-5-8-22/h3-16H,17-21H2,1-2H3,(H,29,32)/b16-11+. The monoisotopic (exact) mass is 457 g/mol. The van der Waals surface area contributed by atoms with Crippen molar-refractivity contribution in [2.45, 2.75) is 6.54 Å². The van der Waals surface area contributed by atoms with Crippen LogP contribution in [0.3, 0.4) is 0 Å². The van der Waals surface area contributed by atoms with E-state index in [9.17, 15) is 4.79 Å². The first-order valence-electron chi connectivity index (χ1n) is 11.5. The number of piperazine rings is 1. The topological polar surface area (TPSA) is 54.0 Å². The molecule has 0 saturated carbocycles. The fraction of sp³-hybridized carbons (Fsp3) is 0.250. The molecule has 176 valence electrons. The molecule has 1 fully saturated rings. The van der Waals surface area contributed by atoms with Crippen LogP contribution in [0.15, 0.2) is 78.9 Å². The lowest BCUT2D eigenvalue weighted by Crippen LogP contribution is -2.45. The van der Waals surface area contributed by atoms with Gasteiger partial charge in [0.15, 0.2) is 11.5 Å². The second-order valence-corrected chi connectivity index (χ2v) is 8.20. The van der Waals surface area contributed by atoms with E-state index in [1.165, 1.54) is 17.3 Å². The molecule has 0 aromatic heterocycles. The van der Waals surface area contributed by atoms with Gasteiger partial charge in [-0.1, -0.05) is 42.5 Å². The van der Waals surface area contributed by atoms with Gasteiger partial charge < -0.3 is 19.7 Å². The predicted octanol–water partition coefficient (Wildman–Crippen LogP) is 4.68. The summed E-state index contributed by atoms with van der Waals surface area (Å²) in [5.41, 5.74) is 4.07. The maximum atomic E-state index is 12.4. The number of carbonyl (C=O) groups is 1. The molecule has 34 heavy (non-hydrogen) atoms. The van der Waals surface area contributed by atoms with E-state index in [1.807, 2.05) is 30.3 Å². The van der Waals surface area contributed by atoms with E-state index in [4.69, 9.17) is 9.47 Å². The van der Waals surface area contributed by atoms with Crippen LogP contribution in [0.1, 0.15) is 11.1 Å². The molecule has 0 spiro atoms. The summed E-state index contributed by atoms with van der Waals surface area (Å²) in [7, 11) is 3.17. The number of benzene rings is 3. The van der Waals surface area contributed by atoms with Crippen molar-refractivity contribution in [3.05, 3.63) is 90.0 Å². The van der Waals surface area contributed by atoms with E-state index in [0.29, 0.717) is 11.5 Å². The molecule has 1 N–H and O–H groups in total. The fourth-order valence-electron chi connectivity index (χ4n) is 4.15. The van der Waals surface area contributed by atoms with Crippen molar-refractivity contribution >= 4 is 23.4 Å². The number of carbonyl (C=O) groups excluding carboxylic acids is 1. The summed E-state index contributed by atoms with van der Waals surface area (Å²) in [5, 5.41) is 2.92. The third-order valence-electron chi connectivity index (χ3n) is 5.97. The van der Waals surface area contributed by atoms with Gasteiger partial charge in [0.2, 0.25) is 5.91 Å². The maximum absolute atomic E-state index is 12.4. The molecular weight excluding hydrogens is 426 g/mol. The second kappa shape index (κ2) is 11.4. The Morgan fingerprint density at radius 2 is 1.62 bits per heavy atom. The zero-order valence-electron chi connectivity index (χ0n) is 19.7. The first kappa shape index (κ1) is 23.4. The molecule has 1 amide bonds. The Hall–Kier alpha value is -3.77. The maximum Gasteiger partial charge on any atom is 0.248 e. The SMILES string of the molecule is COc1cccc(/C=C/C(=O)Nc2ccc(N3CCN(Cc4ccccc4)CC3)cc2)c1OC. The Kier molecular flexibility index (Phi) is 7.83. The highest BCUT2D eigenvalue weighted by molar-refractivity contribution is 6.02. The number of amides is 1. The quantitative estimate of drug-likeness (QED) is 0.498. The normalized spacial score (nSPS) is 14.2.